The summed E-state index contributed by atoms with van der Waals surface area (Å²) in [7, 11) is 0. The van der Waals surface area contributed by atoms with Gasteiger partial charge >= 0.3 is 0 Å². The van der Waals surface area contributed by atoms with Crippen LogP contribution in [0.2, 0.25) is 0 Å². The van der Waals surface area contributed by atoms with Crippen LogP contribution in [0.5, 0.6) is 0 Å². The second kappa shape index (κ2) is 3.97. The van der Waals surface area contributed by atoms with Gasteiger partial charge in [-0.05, 0) is 58.7 Å². The average Bonchev–Trinajstić information content (AvgIpc) is 2.84. The second-order valence-electron chi connectivity index (χ2n) is 4.22. The predicted octanol–water partition coefficient (Wildman–Crippen LogP) is 2.74. The van der Waals surface area contributed by atoms with Crippen LogP contribution in [-0.4, -0.2) is 9.78 Å². The molecule has 5 heteroatoms. The van der Waals surface area contributed by atoms with Crippen LogP contribution in [0.15, 0.2) is 24.4 Å². The van der Waals surface area contributed by atoms with Crippen molar-refractivity contribution in [3.8, 4) is 0 Å². The molecular weight excluding hydrogens is 332 g/mol. The number of benzene rings is 1. The van der Waals surface area contributed by atoms with Gasteiger partial charge in [0.25, 0.3) is 0 Å². The maximum Gasteiger partial charge on any atom is 0.135 e. The zero-order chi connectivity index (χ0) is 12.0. The second-order valence-corrected chi connectivity index (χ2v) is 5.38. The van der Waals surface area contributed by atoms with Gasteiger partial charge in [-0.25, -0.2) is 9.07 Å². The van der Waals surface area contributed by atoms with Crippen molar-refractivity contribution in [2.75, 3.05) is 5.73 Å². The lowest BCUT2D eigenvalue weighted by Gasteiger charge is -2.14. The number of nitrogens with two attached hydrogens (primary N) is 1. The van der Waals surface area contributed by atoms with Crippen molar-refractivity contribution in [2.45, 2.75) is 18.9 Å². The fourth-order valence-electron chi connectivity index (χ4n) is 2.42. The summed E-state index contributed by atoms with van der Waals surface area (Å²) in [6.07, 6.45) is 3.58. The monoisotopic (exact) mass is 343 g/mol. The van der Waals surface area contributed by atoms with Crippen LogP contribution in [0.25, 0.3) is 0 Å². The average molecular weight is 343 g/mol. The zero-order valence-electron chi connectivity index (χ0n) is 9.03. The number of anilines is 1. The number of aryl methyl sites for hydroxylation is 1. The number of rotatable bonds is 1. The van der Waals surface area contributed by atoms with Gasteiger partial charge in [0.15, 0.2) is 0 Å². The summed E-state index contributed by atoms with van der Waals surface area (Å²) in [5.74, 6) is 0.514. The highest BCUT2D eigenvalue weighted by atomic mass is 127. The van der Waals surface area contributed by atoms with E-state index in [1.54, 1.807) is 12.3 Å². The molecule has 1 aromatic carbocycles. The first-order chi connectivity index (χ1) is 8.16. The Bertz CT molecular complexity index is 579. The highest BCUT2D eigenvalue weighted by Crippen LogP contribution is 2.36. The van der Waals surface area contributed by atoms with Crippen molar-refractivity contribution in [3.63, 3.8) is 0 Å². The molecule has 1 heterocycles. The topological polar surface area (TPSA) is 43.8 Å². The molecule has 0 fully saturated rings. The molecule has 3 rings (SSSR count). The maximum atomic E-state index is 13.1. The first kappa shape index (κ1) is 11.0. The number of hydrogen-bond donors (Lipinski definition) is 1. The molecule has 1 atom stereocenters. The van der Waals surface area contributed by atoms with Gasteiger partial charge in [-0.3, -0.25) is 0 Å². The van der Waals surface area contributed by atoms with E-state index in [1.165, 1.54) is 6.07 Å². The van der Waals surface area contributed by atoms with Crippen LogP contribution in [0.4, 0.5) is 10.2 Å². The van der Waals surface area contributed by atoms with E-state index in [2.05, 4.69) is 27.7 Å². The normalized spacial score (nSPS) is 18.4. The summed E-state index contributed by atoms with van der Waals surface area (Å²) in [6, 6.07) is 5.10. The minimum Gasteiger partial charge on any atom is -0.383 e. The lowest BCUT2D eigenvalue weighted by molar-refractivity contribution is 0.527. The van der Waals surface area contributed by atoms with Crippen molar-refractivity contribution in [1.82, 2.24) is 9.78 Å². The summed E-state index contributed by atoms with van der Waals surface area (Å²) in [6.45, 7) is 0. The summed E-state index contributed by atoms with van der Waals surface area (Å²) < 4.78 is 15.9. The first-order valence-corrected chi connectivity index (χ1v) is 6.51. The van der Waals surface area contributed by atoms with E-state index in [0.717, 1.165) is 27.5 Å². The molecule has 1 aliphatic rings. The highest BCUT2D eigenvalue weighted by Gasteiger charge is 2.26. The lowest BCUT2D eigenvalue weighted by atomic mass is 10.1. The van der Waals surface area contributed by atoms with Crippen LogP contribution >= 0.6 is 22.6 Å². The Hall–Kier alpha value is -1.11. The van der Waals surface area contributed by atoms with Gasteiger partial charge in [0, 0.05) is 0 Å². The Morgan fingerprint density at radius 1 is 1.47 bits per heavy atom. The smallest absolute Gasteiger partial charge is 0.135 e. The molecule has 0 saturated heterocycles. The molecule has 17 heavy (non-hydrogen) atoms. The fraction of sp³-hybridized carbons (Fsp3) is 0.250. The van der Waals surface area contributed by atoms with E-state index < -0.39 is 0 Å². The van der Waals surface area contributed by atoms with Crippen molar-refractivity contribution in [2.24, 2.45) is 0 Å². The third-order valence-electron chi connectivity index (χ3n) is 3.23. The van der Waals surface area contributed by atoms with Crippen LogP contribution in [0, 0.1) is 9.39 Å². The Kier molecular flexibility index (Phi) is 2.57. The van der Waals surface area contributed by atoms with Gasteiger partial charge in [0.05, 0.1) is 15.8 Å². The van der Waals surface area contributed by atoms with E-state index in [4.69, 9.17) is 5.73 Å². The molecule has 1 aliphatic carbocycles. The van der Waals surface area contributed by atoms with E-state index >= 15 is 0 Å². The fourth-order valence-corrected chi connectivity index (χ4v) is 2.79. The van der Waals surface area contributed by atoms with E-state index in [1.807, 2.05) is 10.7 Å². The number of fused-ring (bicyclic) bond motifs is 1. The molecule has 0 aliphatic heterocycles. The number of halogens is 2. The van der Waals surface area contributed by atoms with Gasteiger partial charge in [-0.2, -0.15) is 5.10 Å². The molecule has 0 saturated carbocycles. The first-order valence-electron chi connectivity index (χ1n) is 5.43. The summed E-state index contributed by atoms with van der Waals surface area (Å²) >= 11 is 2.17. The van der Waals surface area contributed by atoms with Crippen molar-refractivity contribution in [1.29, 1.82) is 0 Å². The van der Waals surface area contributed by atoms with Gasteiger partial charge in [-0.15, -0.1) is 0 Å². The Morgan fingerprint density at radius 2 is 2.29 bits per heavy atom. The molecule has 0 amide bonds. The molecule has 0 spiro atoms. The molecule has 2 N–H and O–H groups in total. The molecule has 2 aromatic rings. The number of aromatic nitrogens is 2. The number of nitrogens with zero attached hydrogens (tertiary/aromatic N) is 2. The molecule has 1 unspecified atom stereocenters. The zero-order valence-corrected chi connectivity index (χ0v) is 11.2. The SMILES string of the molecule is Nc1c(I)cnn1C1CCc2cc(F)ccc21. The Labute approximate surface area is 112 Å². The van der Waals surface area contributed by atoms with Crippen LogP contribution in [0.1, 0.15) is 23.6 Å². The molecule has 1 aromatic heterocycles. The van der Waals surface area contributed by atoms with Crippen molar-refractivity contribution in [3.05, 3.63) is 44.9 Å². The minimum atomic E-state index is -0.174. The quantitative estimate of drug-likeness (QED) is 0.810. The van der Waals surface area contributed by atoms with Crippen molar-refractivity contribution >= 4 is 28.4 Å². The maximum absolute atomic E-state index is 13.1. The Balaban J connectivity index is 2.07. The summed E-state index contributed by atoms with van der Waals surface area (Å²) in [4.78, 5) is 0. The van der Waals surface area contributed by atoms with E-state index in [-0.39, 0.29) is 11.9 Å². The van der Waals surface area contributed by atoms with E-state index in [9.17, 15) is 4.39 Å². The van der Waals surface area contributed by atoms with Gasteiger partial charge in [-0.1, -0.05) is 6.07 Å². The predicted molar refractivity (Wildman–Crippen MR) is 72.2 cm³/mol. The number of nitrogen functional groups attached to an aromatic ring is 1. The molecular formula is C12H11FIN3. The standard InChI is InChI=1S/C12H11FIN3/c13-8-2-3-9-7(5-8)1-4-11(9)17-12(15)10(14)6-16-17/h2-3,5-6,11H,1,4,15H2. The van der Waals surface area contributed by atoms with Crippen LogP contribution in [-0.2, 0) is 6.42 Å². The Morgan fingerprint density at radius 3 is 3.00 bits per heavy atom. The highest BCUT2D eigenvalue weighted by molar-refractivity contribution is 14.1. The van der Waals surface area contributed by atoms with Gasteiger partial charge < -0.3 is 5.73 Å². The molecule has 3 nitrogen and oxygen atoms in total. The largest absolute Gasteiger partial charge is 0.383 e. The van der Waals surface area contributed by atoms with Crippen LogP contribution in [0.3, 0.4) is 0 Å². The lowest BCUT2D eigenvalue weighted by Crippen LogP contribution is -2.12. The van der Waals surface area contributed by atoms with Gasteiger partial charge in [0.2, 0.25) is 0 Å². The van der Waals surface area contributed by atoms with Gasteiger partial charge in [0.1, 0.15) is 11.6 Å². The molecule has 88 valence electrons. The third kappa shape index (κ3) is 1.72. The molecule has 0 bridgehead atoms. The number of hydrogen-bond acceptors (Lipinski definition) is 2. The third-order valence-corrected chi connectivity index (χ3v) is 4.06. The molecule has 0 radical (unpaired) electrons. The van der Waals surface area contributed by atoms with Crippen LogP contribution < -0.4 is 5.73 Å². The van der Waals surface area contributed by atoms with E-state index in [0.29, 0.717) is 5.82 Å². The minimum absolute atomic E-state index is 0.147. The summed E-state index contributed by atoms with van der Waals surface area (Å²) in [5.41, 5.74) is 8.19. The summed E-state index contributed by atoms with van der Waals surface area (Å²) in [5, 5.41) is 4.31. The van der Waals surface area contributed by atoms with Crippen molar-refractivity contribution < 1.29 is 4.39 Å².